The molecule has 2 N–H and O–H groups in total. The number of rotatable bonds is 4. The summed E-state index contributed by atoms with van der Waals surface area (Å²) in [5, 5.41) is 6.36. The number of carbonyl (C=O) groups is 1. The molecule has 0 radical (unpaired) electrons. The summed E-state index contributed by atoms with van der Waals surface area (Å²) in [6, 6.07) is 0. The van der Waals surface area contributed by atoms with Crippen LogP contribution in [-0.2, 0) is 9.53 Å². The van der Waals surface area contributed by atoms with Crippen LogP contribution in [0.5, 0.6) is 0 Å². The Morgan fingerprint density at radius 2 is 2.06 bits per heavy atom. The average Bonchev–Trinajstić information content (AvgIpc) is 2.18. The summed E-state index contributed by atoms with van der Waals surface area (Å²) >= 11 is 0. The number of halogens is 1. The molecule has 1 atom stereocenters. The van der Waals surface area contributed by atoms with Crippen molar-refractivity contribution in [2.24, 2.45) is 0 Å². The molecule has 0 bridgehead atoms. The molecule has 0 aromatic heterocycles. The molecule has 5 heteroatoms. The molecular formula is C11H23ClN2O2. The van der Waals surface area contributed by atoms with Gasteiger partial charge in [-0.15, -0.1) is 12.4 Å². The SMILES string of the molecule is CCOC(C)C(=O)NC1(C)CCNCC1.Cl. The van der Waals surface area contributed by atoms with E-state index in [1.807, 2.05) is 6.92 Å². The lowest BCUT2D eigenvalue weighted by Gasteiger charge is -2.35. The van der Waals surface area contributed by atoms with E-state index in [2.05, 4.69) is 17.6 Å². The Labute approximate surface area is 104 Å². The van der Waals surface area contributed by atoms with Crippen LogP contribution in [0.25, 0.3) is 0 Å². The predicted molar refractivity (Wildman–Crippen MR) is 67.0 cm³/mol. The highest BCUT2D eigenvalue weighted by atomic mass is 35.5. The van der Waals surface area contributed by atoms with Crippen LogP contribution in [0.15, 0.2) is 0 Å². The van der Waals surface area contributed by atoms with Gasteiger partial charge in [0.1, 0.15) is 6.10 Å². The molecule has 0 saturated carbocycles. The van der Waals surface area contributed by atoms with Crippen LogP contribution in [-0.4, -0.2) is 37.2 Å². The number of amides is 1. The molecule has 0 spiro atoms. The third-order valence-electron chi connectivity index (χ3n) is 2.92. The Kier molecular flexibility index (Phi) is 6.95. The van der Waals surface area contributed by atoms with Gasteiger partial charge in [-0.1, -0.05) is 0 Å². The van der Waals surface area contributed by atoms with Crippen molar-refractivity contribution in [3.63, 3.8) is 0 Å². The number of piperidine rings is 1. The maximum absolute atomic E-state index is 11.7. The van der Waals surface area contributed by atoms with Crippen molar-refractivity contribution in [3.05, 3.63) is 0 Å². The average molecular weight is 251 g/mol. The zero-order valence-electron chi connectivity index (χ0n) is 10.3. The Morgan fingerprint density at radius 1 is 1.50 bits per heavy atom. The lowest BCUT2D eigenvalue weighted by molar-refractivity contribution is -0.133. The third-order valence-corrected chi connectivity index (χ3v) is 2.92. The maximum atomic E-state index is 11.7. The number of carbonyl (C=O) groups excluding carboxylic acids is 1. The van der Waals surface area contributed by atoms with Gasteiger partial charge in [0.25, 0.3) is 0 Å². The van der Waals surface area contributed by atoms with Gasteiger partial charge in [-0.2, -0.15) is 0 Å². The summed E-state index contributed by atoms with van der Waals surface area (Å²) in [6.45, 7) is 8.32. The topological polar surface area (TPSA) is 50.4 Å². The predicted octanol–water partition coefficient (Wildman–Crippen LogP) is 1.09. The Morgan fingerprint density at radius 3 is 2.56 bits per heavy atom. The number of hydrogen-bond acceptors (Lipinski definition) is 3. The van der Waals surface area contributed by atoms with E-state index in [0.29, 0.717) is 6.61 Å². The van der Waals surface area contributed by atoms with Crippen molar-refractivity contribution in [1.82, 2.24) is 10.6 Å². The van der Waals surface area contributed by atoms with Crippen LogP contribution in [0.2, 0.25) is 0 Å². The smallest absolute Gasteiger partial charge is 0.249 e. The lowest BCUT2D eigenvalue weighted by atomic mass is 9.90. The van der Waals surface area contributed by atoms with Gasteiger partial charge in [0.2, 0.25) is 5.91 Å². The molecule has 1 aliphatic rings. The number of hydrogen-bond donors (Lipinski definition) is 2. The summed E-state index contributed by atoms with van der Waals surface area (Å²) in [7, 11) is 0. The molecule has 16 heavy (non-hydrogen) atoms. The summed E-state index contributed by atoms with van der Waals surface area (Å²) in [5.74, 6) is 0.00116. The van der Waals surface area contributed by atoms with Crippen molar-refractivity contribution in [2.75, 3.05) is 19.7 Å². The second-order valence-corrected chi connectivity index (χ2v) is 4.40. The number of nitrogens with one attached hydrogen (secondary N) is 2. The van der Waals surface area contributed by atoms with Crippen molar-refractivity contribution in [3.8, 4) is 0 Å². The Bertz CT molecular complexity index is 218. The molecule has 1 unspecified atom stereocenters. The van der Waals surface area contributed by atoms with E-state index in [-0.39, 0.29) is 30.0 Å². The molecule has 1 saturated heterocycles. The van der Waals surface area contributed by atoms with E-state index < -0.39 is 0 Å². The zero-order valence-corrected chi connectivity index (χ0v) is 11.2. The second-order valence-electron chi connectivity index (χ2n) is 4.40. The minimum atomic E-state index is -0.346. The molecule has 1 fully saturated rings. The highest BCUT2D eigenvalue weighted by Crippen LogP contribution is 2.17. The van der Waals surface area contributed by atoms with E-state index >= 15 is 0 Å². The highest BCUT2D eigenvalue weighted by molar-refractivity contribution is 5.85. The summed E-state index contributed by atoms with van der Waals surface area (Å²) < 4.78 is 5.26. The van der Waals surface area contributed by atoms with Gasteiger partial charge < -0.3 is 15.4 Å². The van der Waals surface area contributed by atoms with Crippen LogP contribution >= 0.6 is 12.4 Å². The first kappa shape index (κ1) is 15.7. The molecule has 1 rings (SSSR count). The van der Waals surface area contributed by atoms with Gasteiger partial charge in [0.15, 0.2) is 0 Å². The van der Waals surface area contributed by atoms with Crippen molar-refractivity contribution in [2.45, 2.75) is 45.3 Å². The maximum Gasteiger partial charge on any atom is 0.249 e. The number of ether oxygens (including phenoxy) is 1. The van der Waals surface area contributed by atoms with Gasteiger partial charge >= 0.3 is 0 Å². The van der Waals surface area contributed by atoms with Gasteiger partial charge in [-0.3, -0.25) is 4.79 Å². The van der Waals surface area contributed by atoms with Crippen molar-refractivity contribution >= 4 is 18.3 Å². The summed E-state index contributed by atoms with van der Waals surface area (Å²) in [5.41, 5.74) is -0.0618. The molecule has 1 amide bonds. The quantitative estimate of drug-likeness (QED) is 0.786. The van der Waals surface area contributed by atoms with Gasteiger partial charge in [-0.25, -0.2) is 0 Å². The fourth-order valence-corrected chi connectivity index (χ4v) is 1.83. The molecule has 96 valence electrons. The standard InChI is InChI=1S/C11H22N2O2.ClH/c1-4-15-9(2)10(14)13-11(3)5-7-12-8-6-11;/h9,12H,4-8H2,1-3H3,(H,13,14);1H. The van der Waals surface area contributed by atoms with Crippen molar-refractivity contribution < 1.29 is 9.53 Å². The Hall–Kier alpha value is -0.320. The third kappa shape index (κ3) is 4.68. The van der Waals surface area contributed by atoms with E-state index in [1.165, 1.54) is 0 Å². The summed E-state index contributed by atoms with van der Waals surface area (Å²) in [6.07, 6.45) is 1.62. The second kappa shape index (κ2) is 7.09. The van der Waals surface area contributed by atoms with Crippen molar-refractivity contribution in [1.29, 1.82) is 0 Å². The Balaban J connectivity index is 0.00000225. The van der Waals surface area contributed by atoms with Crippen LogP contribution in [0, 0.1) is 0 Å². The van der Waals surface area contributed by atoms with Crippen LogP contribution in [0.4, 0.5) is 0 Å². The molecular weight excluding hydrogens is 228 g/mol. The minimum absolute atomic E-state index is 0. The molecule has 4 nitrogen and oxygen atoms in total. The molecule has 0 aromatic rings. The first-order chi connectivity index (χ1) is 7.07. The lowest BCUT2D eigenvalue weighted by Crippen LogP contribution is -2.54. The zero-order chi connectivity index (χ0) is 11.3. The van der Waals surface area contributed by atoms with Crippen LogP contribution < -0.4 is 10.6 Å². The minimum Gasteiger partial charge on any atom is -0.369 e. The van der Waals surface area contributed by atoms with E-state index in [9.17, 15) is 4.79 Å². The molecule has 0 aliphatic carbocycles. The molecule has 0 aromatic carbocycles. The van der Waals surface area contributed by atoms with E-state index in [1.54, 1.807) is 6.92 Å². The largest absolute Gasteiger partial charge is 0.369 e. The van der Waals surface area contributed by atoms with Crippen LogP contribution in [0.1, 0.15) is 33.6 Å². The first-order valence-electron chi connectivity index (χ1n) is 5.72. The highest BCUT2D eigenvalue weighted by Gasteiger charge is 2.29. The van der Waals surface area contributed by atoms with Gasteiger partial charge in [-0.05, 0) is 46.7 Å². The van der Waals surface area contributed by atoms with E-state index in [0.717, 1.165) is 25.9 Å². The normalized spacial score (nSPS) is 20.7. The fraction of sp³-hybridized carbons (Fsp3) is 0.909. The van der Waals surface area contributed by atoms with Gasteiger partial charge in [0.05, 0.1) is 0 Å². The van der Waals surface area contributed by atoms with Gasteiger partial charge in [0, 0.05) is 12.1 Å². The first-order valence-corrected chi connectivity index (χ1v) is 5.72. The fourth-order valence-electron chi connectivity index (χ4n) is 1.83. The van der Waals surface area contributed by atoms with Crippen LogP contribution in [0.3, 0.4) is 0 Å². The molecule has 1 aliphatic heterocycles. The molecule has 1 heterocycles. The monoisotopic (exact) mass is 250 g/mol. The summed E-state index contributed by atoms with van der Waals surface area (Å²) in [4.78, 5) is 11.7. The van der Waals surface area contributed by atoms with E-state index in [4.69, 9.17) is 4.74 Å².